The van der Waals surface area contributed by atoms with Gasteiger partial charge in [0.05, 0.1) is 12.0 Å². The molecule has 3 rings (SSSR count). The monoisotopic (exact) mass is 545 g/mol. The molecule has 0 aliphatic carbocycles. The maximum Gasteiger partial charge on any atom is 0.311 e. The third-order valence-corrected chi connectivity index (χ3v) is 6.17. The summed E-state index contributed by atoms with van der Waals surface area (Å²) >= 11 is 12.4. The minimum atomic E-state index is -0.873. The van der Waals surface area contributed by atoms with Crippen LogP contribution in [0.3, 0.4) is 0 Å². The Morgan fingerprint density at radius 3 is 2.43 bits per heavy atom. The lowest BCUT2D eigenvalue weighted by atomic mass is 10.0. The van der Waals surface area contributed by atoms with Crippen LogP contribution in [-0.4, -0.2) is 48.4 Å². The largest absolute Gasteiger partial charge is 0.490 e. The number of nitro benzene ring substituents is 1. The van der Waals surface area contributed by atoms with E-state index in [0.717, 1.165) is 5.56 Å². The van der Waals surface area contributed by atoms with Gasteiger partial charge in [-0.25, -0.2) is 0 Å². The highest BCUT2D eigenvalue weighted by atomic mass is 35.5. The van der Waals surface area contributed by atoms with Crippen molar-refractivity contribution in [3.05, 3.63) is 98.0 Å². The van der Waals surface area contributed by atoms with Crippen LogP contribution in [0.2, 0.25) is 10.0 Å². The highest BCUT2D eigenvalue weighted by Crippen LogP contribution is 2.31. The molecule has 0 aliphatic heterocycles. The van der Waals surface area contributed by atoms with Crippen molar-refractivity contribution in [1.29, 1.82) is 0 Å². The number of benzene rings is 3. The molecular weight excluding hydrogens is 521 g/mol. The second-order valence-electron chi connectivity index (χ2n) is 7.96. The van der Waals surface area contributed by atoms with Gasteiger partial charge in [0, 0.05) is 42.2 Å². The van der Waals surface area contributed by atoms with Crippen LogP contribution in [0.5, 0.6) is 11.5 Å². The summed E-state index contributed by atoms with van der Waals surface area (Å²) in [5.74, 6) is -0.668. The molecule has 3 aromatic rings. The summed E-state index contributed by atoms with van der Waals surface area (Å²) in [6, 6.07) is 17.3. The number of methoxy groups -OCH3 is 1. The van der Waals surface area contributed by atoms with E-state index in [9.17, 15) is 19.7 Å². The van der Waals surface area contributed by atoms with Crippen molar-refractivity contribution in [2.75, 3.05) is 20.8 Å². The lowest BCUT2D eigenvalue weighted by molar-refractivity contribution is -0.385. The molecule has 0 saturated carbocycles. The highest BCUT2D eigenvalue weighted by molar-refractivity contribution is 6.35. The minimum Gasteiger partial charge on any atom is -0.490 e. The number of nitrogens with one attached hydrogen (secondary N) is 1. The number of ether oxygens (including phenoxy) is 2. The van der Waals surface area contributed by atoms with Crippen LogP contribution in [0.25, 0.3) is 0 Å². The zero-order valence-electron chi connectivity index (χ0n) is 20.1. The Bertz CT molecular complexity index is 1270. The summed E-state index contributed by atoms with van der Waals surface area (Å²) in [6.07, 6.45) is 0.253. The number of nitrogens with zero attached hydrogens (tertiary/aromatic N) is 2. The number of nitro groups is 1. The lowest BCUT2D eigenvalue weighted by Gasteiger charge is -2.31. The van der Waals surface area contributed by atoms with Crippen molar-refractivity contribution < 1.29 is 24.0 Å². The summed E-state index contributed by atoms with van der Waals surface area (Å²) in [5.41, 5.74) is 1.22. The van der Waals surface area contributed by atoms with Gasteiger partial charge in [-0.2, -0.15) is 0 Å². The summed E-state index contributed by atoms with van der Waals surface area (Å²) in [5, 5.41) is 14.6. The average molecular weight is 546 g/mol. The normalized spacial score (nSPS) is 11.4. The molecule has 0 aromatic heterocycles. The molecule has 37 heavy (non-hydrogen) atoms. The molecule has 0 fully saturated rings. The predicted octanol–water partition coefficient (Wildman–Crippen LogP) is 4.68. The van der Waals surface area contributed by atoms with Crippen molar-refractivity contribution in [1.82, 2.24) is 10.2 Å². The summed E-state index contributed by atoms with van der Waals surface area (Å²) in [4.78, 5) is 38.4. The molecule has 0 radical (unpaired) electrons. The second kappa shape index (κ2) is 12.9. The summed E-state index contributed by atoms with van der Waals surface area (Å²) < 4.78 is 10.7. The van der Waals surface area contributed by atoms with Gasteiger partial charge in [-0.1, -0.05) is 59.6 Å². The topological polar surface area (TPSA) is 111 Å². The molecule has 0 heterocycles. The van der Waals surface area contributed by atoms with Crippen LogP contribution in [0, 0.1) is 10.1 Å². The van der Waals surface area contributed by atoms with Crippen LogP contribution >= 0.6 is 23.2 Å². The third kappa shape index (κ3) is 7.34. The molecule has 194 valence electrons. The molecule has 9 nitrogen and oxygen atoms in total. The van der Waals surface area contributed by atoms with E-state index in [-0.39, 0.29) is 36.1 Å². The van der Waals surface area contributed by atoms with E-state index in [1.807, 2.05) is 30.3 Å². The zero-order chi connectivity index (χ0) is 26.9. The number of halogens is 2. The van der Waals surface area contributed by atoms with E-state index in [1.54, 1.807) is 18.2 Å². The lowest BCUT2D eigenvalue weighted by Crippen LogP contribution is -2.51. The number of rotatable bonds is 11. The fourth-order valence-electron chi connectivity index (χ4n) is 3.68. The Morgan fingerprint density at radius 1 is 1.08 bits per heavy atom. The maximum absolute atomic E-state index is 13.5. The smallest absolute Gasteiger partial charge is 0.311 e. The molecular formula is C26H25Cl2N3O6. The first kappa shape index (κ1) is 27.8. The second-order valence-corrected chi connectivity index (χ2v) is 8.80. The van der Waals surface area contributed by atoms with Crippen molar-refractivity contribution in [3.8, 4) is 11.5 Å². The van der Waals surface area contributed by atoms with Crippen LogP contribution in [-0.2, 0) is 22.6 Å². The van der Waals surface area contributed by atoms with Gasteiger partial charge in [0.1, 0.15) is 11.8 Å². The number of carbonyl (C=O) groups is 2. The van der Waals surface area contributed by atoms with Crippen LogP contribution < -0.4 is 14.8 Å². The highest BCUT2D eigenvalue weighted by Gasteiger charge is 2.30. The van der Waals surface area contributed by atoms with E-state index >= 15 is 0 Å². The van der Waals surface area contributed by atoms with Gasteiger partial charge in [0.15, 0.2) is 6.61 Å². The first-order valence-corrected chi connectivity index (χ1v) is 11.9. The van der Waals surface area contributed by atoms with Gasteiger partial charge >= 0.3 is 5.69 Å². The molecule has 3 aromatic carbocycles. The molecule has 0 saturated heterocycles. The van der Waals surface area contributed by atoms with Gasteiger partial charge in [-0.05, 0) is 29.3 Å². The Kier molecular flexibility index (Phi) is 9.71. The van der Waals surface area contributed by atoms with E-state index in [0.29, 0.717) is 15.6 Å². The summed E-state index contributed by atoms with van der Waals surface area (Å²) in [7, 11) is 2.80. The standard InChI is InChI=1S/C26H25Cl2N3O6/c1-29-26(33)23(12-17-6-4-3-5-7-17)30(15-18-8-9-19(27)13-21(18)28)25(32)16-37-20-10-11-22(31(34)35)24(14-20)36-2/h3-11,13-14,23H,12,15-16H2,1-2H3,(H,29,33). The molecule has 0 spiro atoms. The average Bonchev–Trinajstić information content (AvgIpc) is 2.90. The number of hydrogen-bond donors (Lipinski definition) is 1. The van der Waals surface area contributed by atoms with E-state index in [1.165, 1.54) is 37.3 Å². The fraction of sp³-hybridized carbons (Fsp3) is 0.231. The fourth-order valence-corrected chi connectivity index (χ4v) is 4.15. The predicted molar refractivity (Wildman–Crippen MR) is 140 cm³/mol. The van der Waals surface area contributed by atoms with Gasteiger partial charge in [0.25, 0.3) is 5.91 Å². The molecule has 0 bridgehead atoms. The van der Waals surface area contributed by atoms with Gasteiger partial charge in [-0.3, -0.25) is 19.7 Å². The molecule has 1 N–H and O–H groups in total. The van der Waals surface area contributed by atoms with Gasteiger partial charge < -0.3 is 19.7 Å². The van der Waals surface area contributed by atoms with Gasteiger partial charge in [-0.15, -0.1) is 0 Å². The number of likely N-dealkylation sites (N-methyl/N-ethyl adjacent to an activating group) is 1. The van der Waals surface area contributed by atoms with Crippen molar-refractivity contribution in [2.24, 2.45) is 0 Å². The van der Waals surface area contributed by atoms with Crippen molar-refractivity contribution >= 4 is 40.7 Å². The summed E-state index contributed by atoms with van der Waals surface area (Å²) in [6.45, 7) is -0.416. The van der Waals surface area contributed by atoms with E-state index in [4.69, 9.17) is 32.7 Å². The zero-order valence-corrected chi connectivity index (χ0v) is 21.7. The molecule has 2 amide bonds. The Labute approximate surface area is 224 Å². The van der Waals surface area contributed by atoms with E-state index in [2.05, 4.69) is 5.32 Å². The van der Waals surface area contributed by atoms with Crippen molar-refractivity contribution in [3.63, 3.8) is 0 Å². The Balaban J connectivity index is 1.90. The maximum atomic E-state index is 13.5. The number of carbonyl (C=O) groups excluding carboxylic acids is 2. The molecule has 1 atom stereocenters. The number of hydrogen-bond acceptors (Lipinski definition) is 6. The quantitative estimate of drug-likeness (QED) is 0.276. The van der Waals surface area contributed by atoms with Crippen LogP contribution in [0.4, 0.5) is 5.69 Å². The van der Waals surface area contributed by atoms with Gasteiger partial charge in [0.2, 0.25) is 11.7 Å². The number of amides is 2. The molecule has 1 unspecified atom stereocenters. The third-order valence-electron chi connectivity index (χ3n) is 5.58. The van der Waals surface area contributed by atoms with E-state index < -0.39 is 23.5 Å². The Hall–Kier alpha value is -3.82. The van der Waals surface area contributed by atoms with Crippen molar-refractivity contribution in [2.45, 2.75) is 19.0 Å². The first-order chi connectivity index (χ1) is 17.7. The van der Waals surface area contributed by atoms with Crippen LogP contribution in [0.1, 0.15) is 11.1 Å². The molecule has 0 aliphatic rings. The van der Waals surface area contributed by atoms with Crippen LogP contribution in [0.15, 0.2) is 66.7 Å². The molecule has 11 heteroatoms. The minimum absolute atomic E-state index is 0.00735. The Morgan fingerprint density at radius 2 is 1.81 bits per heavy atom. The first-order valence-electron chi connectivity index (χ1n) is 11.2. The SMILES string of the molecule is CNC(=O)C(Cc1ccccc1)N(Cc1ccc(Cl)cc1Cl)C(=O)COc1ccc([N+](=O)[O-])c(OC)c1.